The van der Waals surface area contributed by atoms with E-state index in [4.69, 9.17) is 0 Å². The summed E-state index contributed by atoms with van der Waals surface area (Å²) >= 11 is 0. The van der Waals surface area contributed by atoms with Crippen molar-refractivity contribution < 1.29 is 0 Å². The molecular formula is C17H25N. The van der Waals surface area contributed by atoms with Crippen molar-refractivity contribution in [3.63, 3.8) is 0 Å². The van der Waals surface area contributed by atoms with Gasteiger partial charge < -0.3 is 5.32 Å². The first-order chi connectivity index (χ1) is 8.86. The lowest BCUT2D eigenvalue weighted by molar-refractivity contribution is 0.550. The van der Waals surface area contributed by atoms with Crippen molar-refractivity contribution >= 4 is 0 Å². The Balaban J connectivity index is 1.65. The van der Waals surface area contributed by atoms with Gasteiger partial charge in [0.1, 0.15) is 0 Å². The second kappa shape index (κ2) is 7.38. The van der Waals surface area contributed by atoms with Gasteiger partial charge in [-0.15, -0.1) is 0 Å². The molecule has 1 aliphatic carbocycles. The molecule has 1 aromatic carbocycles. The van der Waals surface area contributed by atoms with Crippen molar-refractivity contribution in [1.29, 1.82) is 0 Å². The maximum Gasteiger partial charge on any atom is 0.0291 e. The van der Waals surface area contributed by atoms with Gasteiger partial charge in [-0.2, -0.15) is 0 Å². The first kappa shape index (κ1) is 13.4. The lowest BCUT2D eigenvalue weighted by Crippen LogP contribution is -2.19. The average molecular weight is 243 g/mol. The molecule has 0 heterocycles. The summed E-state index contributed by atoms with van der Waals surface area (Å²) in [5.74, 6) is 0. The van der Waals surface area contributed by atoms with E-state index in [0.717, 1.165) is 6.54 Å². The van der Waals surface area contributed by atoms with Crippen molar-refractivity contribution in [3.8, 4) is 0 Å². The Labute approximate surface area is 111 Å². The van der Waals surface area contributed by atoms with Gasteiger partial charge in [0.2, 0.25) is 0 Å². The van der Waals surface area contributed by atoms with Crippen LogP contribution in [0.3, 0.4) is 0 Å². The van der Waals surface area contributed by atoms with E-state index >= 15 is 0 Å². The quantitative estimate of drug-likeness (QED) is 0.568. The molecule has 0 aliphatic heterocycles. The highest BCUT2D eigenvalue weighted by molar-refractivity contribution is 5.18. The van der Waals surface area contributed by atoms with Gasteiger partial charge in [0, 0.05) is 6.04 Å². The number of rotatable bonds is 6. The van der Waals surface area contributed by atoms with E-state index in [1.54, 1.807) is 5.57 Å². The number of hydrogen-bond donors (Lipinski definition) is 1. The van der Waals surface area contributed by atoms with Crippen LogP contribution in [-0.4, -0.2) is 6.54 Å². The molecule has 2 rings (SSSR count). The molecule has 1 aliphatic rings. The Morgan fingerprint density at radius 3 is 2.72 bits per heavy atom. The molecule has 0 saturated heterocycles. The van der Waals surface area contributed by atoms with Gasteiger partial charge in [-0.05, 0) is 57.6 Å². The van der Waals surface area contributed by atoms with Gasteiger partial charge in [-0.1, -0.05) is 42.0 Å². The molecular weight excluding hydrogens is 218 g/mol. The summed E-state index contributed by atoms with van der Waals surface area (Å²) in [6.45, 7) is 3.36. The van der Waals surface area contributed by atoms with Crippen LogP contribution in [0, 0.1) is 0 Å². The zero-order chi connectivity index (χ0) is 12.6. The Hall–Kier alpha value is -1.08. The molecule has 98 valence electrons. The Kier molecular flexibility index (Phi) is 5.47. The van der Waals surface area contributed by atoms with Crippen LogP contribution in [0.15, 0.2) is 42.0 Å². The molecule has 1 nitrogen and oxygen atoms in total. The minimum atomic E-state index is 0.464. The third-order valence-electron chi connectivity index (χ3n) is 3.81. The van der Waals surface area contributed by atoms with E-state index in [9.17, 15) is 0 Å². The fourth-order valence-electron chi connectivity index (χ4n) is 2.63. The average Bonchev–Trinajstić information content (AvgIpc) is 2.45. The lowest BCUT2D eigenvalue weighted by Gasteiger charge is -2.16. The number of benzene rings is 1. The summed E-state index contributed by atoms with van der Waals surface area (Å²) in [6.07, 6.45) is 10.5. The fourth-order valence-corrected chi connectivity index (χ4v) is 2.63. The molecule has 0 radical (unpaired) electrons. The topological polar surface area (TPSA) is 12.0 Å². The zero-order valence-electron chi connectivity index (χ0n) is 11.5. The lowest BCUT2D eigenvalue weighted by atomic mass is 9.96. The number of nitrogens with one attached hydrogen (secondary N) is 1. The summed E-state index contributed by atoms with van der Waals surface area (Å²) in [6, 6.07) is 11.2. The van der Waals surface area contributed by atoms with Gasteiger partial charge in [0.15, 0.2) is 0 Å². The van der Waals surface area contributed by atoms with Crippen LogP contribution in [0.5, 0.6) is 0 Å². The molecule has 0 fully saturated rings. The summed E-state index contributed by atoms with van der Waals surface area (Å²) < 4.78 is 0. The molecule has 1 N–H and O–H groups in total. The fraction of sp³-hybridized carbons (Fsp3) is 0.529. The summed E-state index contributed by atoms with van der Waals surface area (Å²) in [7, 11) is 0. The predicted octanol–water partition coefficient (Wildman–Crippen LogP) is 4.62. The van der Waals surface area contributed by atoms with E-state index in [2.05, 4.69) is 48.6 Å². The smallest absolute Gasteiger partial charge is 0.0291 e. The van der Waals surface area contributed by atoms with E-state index < -0.39 is 0 Å². The standard InChI is InChI=1S/C17H25N/c1-15(17-12-6-3-7-13-17)18-14-8-11-16-9-4-2-5-10-16/h3,6-7,9,12-13,15,18H,2,4-5,8,10-11,14H2,1H3/t15-/m1/s1. The maximum atomic E-state index is 3.61. The third kappa shape index (κ3) is 4.30. The molecule has 0 aromatic heterocycles. The molecule has 0 unspecified atom stereocenters. The Morgan fingerprint density at radius 1 is 1.17 bits per heavy atom. The van der Waals surface area contributed by atoms with Crippen molar-refractivity contribution in [1.82, 2.24) is 5.32 Å². The molecule has 18 heavy (non-hydrogen) atoms. The SMILES string of the molecule is C[C@@H](NCCCC1=CCCCC1)c1ccccc1. The van der Waals surface area contributed by atoms with E-state index in [0.29, 0.717) is 6.04 Å². The molecule has 0 saturated carbocycles. The Bertz CT molecular complexity index is 366. The van der Waals surface area contributed by atoms with Crippen LogP contribution in [-0.2, 0) is 0 Å². The summed E-state index contributed by atoms with van der Waals surface area (Å²) in [4.78, 5) is 0. The zero-order valence-corrected chi connectivity index (χ0v) is 11.5. The van der Waals surface area contributed by atoms with Gasteiger partial charge in [0.25, 0.3) is 0 Å². The van der Waals surface area contributed by atoms with Gasteiger partial charge >= 0.3 is 0 Å². The van der Waals surface area contributed by atoms with Crippen LogP contribution in [0.25, 0.3) is 0 Å². The highest BCUT2D eigenvalue weighted by atomic mass is 14.9. The Morgan fingerprint density at radius 2 is 2.00 bits per heavy atom. The number of allylic oxidation sites excluding steroid dienone is 2. The molecule has 1 aromatic rings. The van der Waals surface area contributed by atoms with Crippen LogP contribution in [0.2, 0.25) is 0 Å². The largest absolute Gasteiger partial charge is 0.310 e. The molecule has 0 amide bonds. The predicted molar refractivity (Wildman–Crippen MR) is 78.6 cm³/mol. The third-order valence-corrected chi connectivity index (χ3v) is 3.81. The van der Waals surface area contributed by atoms with E-state index in [1.165, 1.54) is 44.1 Å². The van der Waals surface area contributed by atoms with Crippen LogP contribution in [0.1, 0.15) is 57.1 Å². The second-order valence-electron chi connectivity index (χ2n) is 5.30. The van der Waals surface area contributed by atoms with E-state index in [1.807, 2.05) is 0 Å². The molecule has 1 atom stereocenters. The minimum absolute atomic E-state index is 0.464. The summed E-state index contributed by atoms with van der Waals surface area (Å²) in [5.41, 5.74) is 3.07. The number of hydrogen-bond acceptors (Lipinski definition) is 1. The van der Waals surface area contributed by atoms with Crippen LogP contribution in [0.4, 0.5) is 0 Å². The van der Waals surface area contributed by atoms with Gasteiger partial charge in [-0.25, -0.2) is 0 Å². The van der Waals surface area contributed by atoms with Gasteiger partial charge in [0.05, 0.1) is 0 Å². The van der Waals surface area contributed by atoms with Crippen molar-refractivity contribution in [2.24, 2.45) is 0 Å². The van der Waals surface area contributed by atoms with Crippen molar-refractivity contribution in [3.05, 3.63) is 47.5 Å². The highest BCUT2D eigenvalue weighted by Crippen LogP contribution is 2.21. The normalized spacial score (nSPS) is 17.3. The van der Waals surface area contributed by atoms with Crippen molar-refractivity contribution in [2.45, 2.75) is 51.5 Å². The first-order valence-electron chi connectivity index (χ1n) is 7.32. The second-order valence-corrected chi connectivity index (χ2v) is 5.30. The first-order valence-corrected chi connectivity index (χ1v) is 7.32. The minimum Gasteiger partial charge on any atom is -0.310 e. The van der Waals surface area contributed by atoms with Crippen LogP contribution < -0.4 is 5.32 Å². The highest BCUT2D eigenvalue weighted by Gasteiger charge is 2.05. The van der Waals surface area contributed by atoms with Crippen LogP contribution >= 0.6 is 0 Å². The van der Waals surface area contributed by atoms with Gasteiger partial charge in [-0.3, -0.25) is 0 Å². The van der Waals surface area contributed by atoms with E-state index in [-0.39, 0.29) is 0 Å². The van der Waals surface area contributed by atoms with Crippen molar-refractivity contribution in [2.75, 3.05) is 6.54 Å². The summed E-state index contributed by atoms with van der Waals surface area (Å²) in [5, 5.41) is 3.61. The maximum absolute atomic E-state index is 3.61. The molecule has 0 spiro atoms. The molecule has 0 bridgehead atoms. The monoisotopic (exact) mass is 243 g/mol. The molecule has 1 heteroatoms.